The number of nitrogens with one attached hydrogen (secondary N) is 1. The highest BCUT2D eigenvalue weighted by Gasteiger charge is 2.08. The highest BCUT2D eigenvalue weighted by molar-refractivity contribution is 4.50. The van der Waals surface area contributed by atoms with Crippen molar-refractivity contribution in [2.24, 2.45) is 5.92 Å². The van der Waals surface area contributed by atoms with Crippen molar-refractivity contribution >= 4 is 0 Å². The van der Waals surface area contributed by atoms with Crippen LogP contribution in [0.3, 0.4) is 0 Å². The standard InChI is InChI=1S/C6H15NO/c1-5(2)6(3)7(4)8/h5-7H,1-4H3. The van der Waals surface area contributed by atoms with E-state index in [1.807, 2.05) is 6.92 Å². The van der Waals surface area contributed by atoms with Gasteiger partial charge >= 0.3 is 0 Å². The molecule has 0 aromatic carbocycles. The highest BCUT2D eigenvalue weighted by Crippen LogP contribution is 1.93. The Labute approximate surface area is 51.1 Å². The minimum absolute atomic E-state index is 0.231. The lowest BCUT2D eigenvalue weighted by molar-refractivity contribution is -0.856. The van der Waals surface area contributed by atoms with Gasteiger partial charge in [0.25, 0.3) is 0 Å². The SMILES string of the molecule is CC(C)C(C)[NH+](C)[O-]. The van der Waals surface area contributed by atoms with Crippen LogP contribution < -0.4 is 5.06 Å². The van der Waals surface area contributed by atoms with Gasteiger partial charge in [-0.3, -0.25) is 0 Å². The number of hydrogen-bond acceptors (Lipinski definition) is 1. The summed E-state index contributed by atoms with van der Waals surface area (Å²) in [5, 5.41) is 10.9. The molecule has 2 nitrogen and oxygen atoms in total. The Kier molecular flexibility index (Phi) is 3.02. The van der Waals surface area contributed by atoms with Crippen LogP contribution in [0.1, 0.15) is 20.8 Å². The molecule has 0 bridgehead atoms. The quantitative estimate of drug-likeness (QED) is 0.508. The van der Waals surface area contributed by atoms with E-state index in [4.69, 9.17) is 0 Å². The number of rotatable bonds is 2. The third-order valence-corrected chi connectivity index (χ3v) is 1.64. The fourth-order valence-corrected chi connectivity index (χ4v) is 0.469. The molecule has 0 aliphatic heterocycles. The first-order chi connectivity index (χ1) is 3.55. The van der Waals surface area contributed by atoms with Crippen LogP contribution in [0.2, 0.25) is 0 Å². The minimum atomic E-state index is 0.231. The molecule has 0 aliphatic rings. The average molecular weight is 117 g/mol. The maximum atomic E-state index is 10.6. The molecule has 0 amide bonds. The fourth-order valence-electron chi connectivity index (χ4n) is 0.469. The smallest absolute Gasteiger partial charge is 0.0864 e. The molecule has 2 heteroatoms. The van der Waals surface area contributed by atoms with Gasteiger partial charge in [-0.25, -0.2) is 0 Å². The first kappa shape index (κ1) is 7.92. The topological polar surface area (TPSA) is 27.5 Å². The molecular formula is C6H15NO. The van der Waals surface area contributed by atoms with Gasteiger partial charge in [-0.1, -0.05) is 13.8 Å². The van der Waals surface area contributed by atoms with E-state index in [0.29, 0.717) is 11.0 Å². The molecule has 0 aromatic rings. The van der Waals surface area contributed by atoms with Crippen molar-refractivity contribution in [1.29, 1.82) is 0 Å². The zero-order valence-electron chi connectivity index (χ0n) is 6.06. The molecule has 0 rings (SSSR count). The molecular weight excluding hydrogens is 102 g/mol. The highest BCUT2D eigenvalue weighted by atomic mass is 16.5. The van der Waals surface area contributed by atoms with Crippen LogP contribution in [0, 0.1) is 11.1 Å². The molecule has 0 fully saturated rings. The molecule has 8 heavy (non-hydrogen) atoms. The second kappa shape index (κ2) is 3.05. The van der Waals surface area contributed by atoms with E-state index in [9.17, 15) is 5.21 Å². The van der Waals surface area contributed by atoms with Crippen LogP contribution in [-0.2, 0) is 0 Å². The predicted octanol–water partition coefficient (Wildman–Crippen LogP) is 0.0434. The molecule has 0 spiro atoms. The van der Waals surface area contributed by atoms with Gasteiger partial charge in [0.2, 0.25) is 0 Å². The third-order valence-electron chi connectivity index (χ3n) is 1.64. The van der Waals surface area contributed by atoms with Crippen molar-refractivity contribution in [2.75, 3.05) is 7.05 Å². The Morgan fingerprint density at radius 3 is 1.62 bits per heavy atom. The van der Waals surface area contributed by atoms with E-state index in [1.165, 1.54) is 0 Å². The number of quaternary nitrogens is 1. The van der Waals surface area contributed by atoms with Crippen LogP contribution >= 0.6 is 0 Å². The van der Waals surface area contributed by atoms with E-state index in [1.54, 1.807) is 7.05 Å². The summed E-state index contributed by atoms with van der Waals surface area (Å²) in [5.74, 6) is 0.493. The first-order valence-electron chi connectivity index (χ1n) is 3.06. The Morgan fingerprint density at radius 2 is 1.62 bits per heavy atom. The van der Waals surface area contributed by atoms with Crippen molar-refractivity contribution in [3.8, 4) is 0 Å². The summed E-state index contributed by atoms with van der Waals surface area (Å²) in [5.41, 5.74) is 0. The van der Waals surface area contributed by atoms with Crippen molar-refractivity contribution in [2.45, 2.75) is 26.8 Å². The third kappa shape index (κ3) is 2.28. The summed E-state index contributed by atoms with van der Waals surface area (Å²) in [7, 11) is 1.64. The normalized spacial score (nSPS) is 18.8. The Bertz CT molecular complexity index is 53.5. The minimum Gasteiger partial charge on any atom is -0.634 e. The lowest BCUT2D eigenvalue weighted by Crippen LogP contribution is -3.08. The van der Waals surface area contributed by atoms with Crippen LogP contribution in [0.25, 0.3) is 0 Å². The fraction of sp³-hybridized carbons (Fsp3) is 1.00. The van der Waals surface area contributed by atoms with E-state index < -0.39 is 0 Å². The average Bonchev–Trinajstić information content (AvgIpc) is 1.64. The van der Waals surface area contributed by atoms with Gasteiger partial charge in [0, 0.05) is 5.92 Å². The van der Waals surface area contributed by atoms with E-state index in [0.717, 1.165) is 0 Å². The van der Waals surface area contributed by atoms with Gasteiger partial charge in [0.15, 0.2) is 0 Å². The Balaban J connectivity index is 3.46. The van der Waals surface area contributed by atoms with E-state index in [-0.39, 0.29) is 6.04 Å². The molecule has 0 aliphatic carbocycles. The van der Waals surface area contributed by atoms with Crippen LogP contribution in [0.5, 0.6) is 0 Å². The van der Waals surface area contributed by atoms with Gasteiger partial charge in [-0.05, 0) is 6.92 Å². The molecule has 0 saturated carbocycles. The molecule has 0 aromatic heterocycles. The van der Waals surface area contributed by atoms with Gasteiger partial charge in [0.05, 0.1) is 13.1 Å². The van der Waals surface area contributed by atoms with E-state index in [2.05, 4.69) is 13.8 Å². The summed E-state index contributed by atoms with van der Waals surface area (Å²) in [6, 6.07) is 0.231. The number of hydrogen-bond donors (Lipinski definition) is 1. The zero-order chi connectivity index (χ0) is 6.73. The Hall–Kier alpha value is -0.0800. The Morgan fingerprint density at radius 1 is 1.25 bits per heavy atom. The van der Waals surface area contributed by atoms with Crippen LogP contribution in [0.15, 0.2) is 0 Å². The first-order valence-corrected chi connectivity index (χ1v) is 3.06. The van der Waals surface area contributed by atoms with Crippen molar-refractivity contribution < 1.29 is 5.06 Å². The van der Waals surface area contributed by atoms with Gasteiger partial charge in [-0.2, -0.15) is 0 Å². The van der Waals surface area contributed by atoms with Crippen molar-refractivity contribution in [3.63, 3.8) is 0 Å². The summed E-state index contributed by atoms with van der Waals surface area (Å²) < 4.78 is 0. The van der Waals surface area contributed by atoms with E-state index >= 15 is 0 Å². The lowest BCUT2D eigenvalue weighted by Gasteiger charge is -2.26. The number of hydroxylamine groups is 2. The second-order valence-corrected chi connectivity index (χ2v) is 2.64. The molecule has 0 heterocycles. The molecule has 0 saturated heterocycles. The van der Waals surface area contributed by atoms with Crippen LogP contribution in [0.4, 0.5) is 0 Å². The maximum absolute atomic E-state index is 10.6. The van der Waals surface area contributed by atoms with Crippen LogP contribution in [-0.4, -0.2) is 13.1 Å². The van der Waals surface area contributed by atoms with Gasteiger partial charge < -0.3 is 10.3 Å². The van der Waals surface area contributed by atoms with Crippen molar-refractivity contribution in [3.05, 3.63) is 5.21 Å². The molecule has 0 radical (unpaired) electrons. The summed E-state index contributed by atoms with van der Waals surface area (Å²) in [6.07, 6.45) is 0. The second-order valence-electron chi connectivity index (χ2n) is 2.64. The zero-order valence-corrected chi connectivity index (χ0v) is 6.06. The van der Waals surface area contributed by atoms with Gasteiger partial charge in [-0.15, -0.1) is 0 Å². The molecule has 2 atom stereocenters. The lowest BCUT2D eigenvalue weighted by atomic mass is 10.1. The summed E-state index contributed by atoms with van der Waals surface area (Å²) in [6.45, 7) is 6.09. The summed E-state index contributed by atoms with van der Waals surface area (Å²) in [4.78, 5) is 0. The largest absolute Gasteiger partial charge is 0.634 e. The van der Waals surface area contributed by atoms with Gasteiger partial charge in [0.1, 0.15) is 0 Å². The monoisotopic (exact) mass is 117 g/mol. The molecule has 1 N–H and O–H groups in total. The predicted molar refractivity (Wildman–Crippen MR) is 34.6 cm³/mol. The molecule has 50 valence electrons. The molecule has 2 unspecified atom stereocenters. The maximum Gasteiger partial charge on any atom is 0.0864 e. The summed E-state index contributed by atoms with van der Waals surface area (Å²) >= 11 is 0. The van der Waals surface area contributed by atoms with Crippen molar-refractivity contribution in [1.82, 2.24) is 0 Å².